The number of aliphatic imine (C=N–C) groups is 1. The van der Waals surface area contributed by atoms with Crippen LogP contribution in [-0.4, -0.2) is 38.7 Å². The van der Waals surface area contributed by atoms with Crippen molar-refractivity contribution in [1.82, 2.24) is 0 Å². The van der Waals surface area contributed by atoms with Gasteiger partial charge in [0.25, 0.3) is 0 Å². The molecule has 0 spiro atoms. The predicted molar refractivity (Wildman–Crippen MR) is 131 cm³/mol. The summed E-state index contributed by atoms with van der Waals surface area (Å²) in [6, 6.07) is 16.2. The van der Waals surface area contributed by atoms with Gasteiger partial charge in [-0.25, -0.2) is 4.99 Å². The molecule has 2 aromatic carbocycles. The van der Waals surface area contributed by atoms with Gasteiger partial charge in [-0.3, -0.25) is 0 Å². The smallest absolute Gasteiger partial charge is 0.231 e. The van der Waals surface area contributed by atoms with Crippen molar-refractivity contribution < 1.29 is 18.9 Å². The second-order valence-corrected chi connectivity index (χ2v) is 8.34. The van der Waals surface area contributed by atoms with E-state index < -0.39 is 0 Å². The molecule has 2 heterocycles. The molecular weight excluding hydrogens is 422 g/mol. The monoisotopic (exact) mass is 453 g/mol. The van der Waals surface area contributed by atoms with E-state index in [1.165, 1.54) is 10.5 Å². The SMILES string of the molecule is C=C/C=C(\C)CCC1=NC(COC)[C@H](c2ccc(SC)cc2)O1.c1ccc2c(c1)OCO2. The Morgan fingerprint density at radius 2 is 1.84 bits per heavy atom. The van der Waals surface area contributed by atoms with Crippen LogP contribution in [0.5, 0.6) is 11.5 Å². The average molecular weight is 454 g/mol. The van der Waals surface area contributed by atoms with E-state index in [-0.39, 0.29) is 12.1 Å². The van der Waals surface area contributed by atoms with Crippen molar-refractivity contribution in [2.24, 2.45) is 4.99 Å². The molecule has 1 unspecified atom stereocenters. The van der Waals surface area contributed by atoms with E-state index in [9.17, 15) is 0 Å². The molecule has 0 saturated carbocycles. The zero-order chi connectivity index (χ0) is 22.8. The first kappa shape index (κ1) is 24.0. The fourth-order valence-electron chi connectivity index (χ4n) is 3.44. The number of methoxy groups -OCH3 is 1. The topological polar surface area (TPSA) is 49.3 Å². The Balaban J connectivity index is 0.000000264. The molecule has 0 radical (unpaired) electrons. The van der Waals surface area contributed by atoms with E-state index in [2.05, 4.69) is 44.0 Å². The molecule has 32 heavy (non-hydrogen) atoms. The minimum atomic E-state index is -0.0513. The van der Waals surface area contributed by atoms with Gasteiger partial charge in [-0.1, -0.05) is 48.6 Å². The van der Waals surface area contributed by atoms with Gasteiger partial charge >= 0.3 is 0 Å². The summed E-state index contributed by atoms with van der Waals surface area (Å²) < 4.78 is 21.6. The van der Waals surface area contributed by atoms with Gasteiger partial charge in [-0.05, 0) is 49.4 Å². The highest BCUT2D eigenvalue weighted by Crippen LogP contribution is 2.32. The highest BCUT2D eigenvalue weighted by molar-refractivity contribution is 7.98. The van der Waals surface area contributed by atoms with Crippen LogP contribution in [0, 0.1) is 0 Å². The predicted octanol–water partition coefficient (Wildman–Crippen LogP) is 6.22. The lowest BCUT2D eigenvalue weighted by atomic mass is 10.0. The normalized spacial score (nSPS) is 19.0. The Morgan fingerprint density at radius 1 is 1.16 bits per heavy atom. The number of benzene rings is 2. The van der Waals surface area contributed by atoms with Crippen LogP contribution in [0.4, 0.5) is 0 Å². The van der Waals surface area contributed by atoms with E-state index in [0.717, 1.165) is 35.8 Å². The number of thioether (sulfide) groups is 1. The van der Waals surface area contributed by atoms with Crippen LogP contribution in [0.25, 0.3) is 0 Å². The average Bonchev–Trinajstić information content (AvgIpc) is 3.46. The van der Waals surface area contributed by atoms with E-state index >= 15 is 0 Å². The van der Waals surface area contributed by atoms with Crippen molar-refractivity contribution >= 4 is 17.7 Å². The molecule has 0 aliphatic carbocycles. The van der Waals surface area contributed by atoms with Crippen molar-refractivity contribution in [3.63, 3.8) is 0 Å². The number of fused-ring (bicyclic) bond motifs is 1. The Labute approximate surface area is 195 Å². The molecule has 4 rings (SSSR count). The fourth-order valence-corrected chi connectivity index (χ4v) is 3.85. The van der Waals surface area contributed by atoms with Crippen LogP contribution < -0.4 is 9.47 Å². The minimum Gasteiger partial charge on any atom is -0.471 e. The van der Waals surface area contributed by atoms with Crippen LogP contribution >= 0.6 is 11.8 Å². The zero-order valence-electron chi connectivity index (χ0n) is 19.0. The summed E-state index contributed by atoms with van der Waals surface area (Å²) in [5.41, 5.74) is 2.43. The minimum absolute atomic E-state index is 0.0267. The second kappa shape index (κ2) is 12.4. The highest BCUT2D eigenvalue weighted by Gasteiger charge is 2.32. The van der Waals surface area contributed by atoms with Gasteiger partial charge in [0.2, 0.25) is 6.79 Å². The Bertz CT molecular complexity index is 916. The van der Waals surface area contributed by atoms with Crippen molar-refractivity contribution in [3.05, 3.63) is 78.4 Å². The largest absolute Gasteiger partial charge is 0.471 e. The third-order valence-electron chi connectivity index (χ3n) is 5.12. The molecule has 0 bridgehead atoms. The van der Waals surface area contributed by atoms with Crippen molar-refractivity contribution in [3.8, 4) is 11.5 Å². The van der Waals surface area contributed by atoms with Gasteiger partial charge in [0.05, 0.1) is 6.61 Å². The third kappa shape index (κ3) is 6.65. The molecule has 0 aromatic heterocycles. The van der Waals surface area contributed by atoms with E-state index in [1.54, 1.807) is 18.9 Å². The van der Waals surface area contributed by atoms with Crippen LogP contribution in [0.1, 0.15) is 31.4 Å². The zero-order valence-corrected chi connectivity index (χ0v) is 19.8. The number of hydrogen-bond donors (Lipinski definition) is 0. The highest BCUT2D eigenvalue weighted by atomic mass is 32.2. The summed E-state index contributed by atoms with van der Waals surface area (Å²) in [5.74, 6) is 2.51. The number of hydrogen-bond acceptors (Lipinski definition) is 6. The fraction of sp³-hybridized carbons (Fsp3) is 0.346. The summed E-state index contributed by atoms with van der Waals surface area (Å²) in [5, 5.41) is 0. The molecule has 0 N–H and O–H groups in total. The van der Waals surface area contributed by atoms with Gasteiger partial charge in [0.1, 0.15) is 12.1 Å². The van der Waals surface area contributed by atoms with Crippen LogP contribution in [0.15, 0.2) is 82.7 Å². The van der Waals surface area contributed by atoms with Gasteiger partial charge < -0.3 is 18.9 Å². The molecule has 2 aliphatic heterocycles. The lowest BCUT2D eigenvalue weighted by Crippen LogP contribution is -2.19. The van der Waals surface area contributed by atoms with E-state index in [1.807, 2.05) is 36.4 Å². The summed E-state index contributed by atoms with van der Waals surface area (Å²) in [7, 11) is 1.71. The number of nitrogens with zero attached hydrogens (tertiary/aromatic N) is 1. The first-order valence-electron chi connectivity index (χ1n) is 10.6. The number of ether oxygens (including phenoxy) is 4. The summed E-state index contributed by atoms with van der Waals surface area (Å²) in [4.78, 5) is 5.97. The molecule has 170 valence electrons. The van der Waals surface area contributed by atoms with Gasteiger partial charge in [-0.15, -0.1) is 11.8 Å². The van der Waals surface area contributed by atoms with Gasteiger partial charge in [0.15, 0.2) is 17.4 Å². The molecule has 0 amide bonds. The number of rotatable bonds is 8. The van der Waals surface area contributed by atoms with Crippen LogP contribution in [-0.2, 0) is 9.47 Å². The summed E-state index contributed by atoms with van der Waals surface area (Å²) in [6.07, 6.45) is 7.62. The number of para-hydroxylation sites is 2. The molecular formula is C26H31NO4S. The lowest BCUT2D eigenvalue weighted by molar-refractivity contribution is 0.119. The Hall–Kier alpha value is -2.70. The van der Waals surface area contributed by atoms with Crippen molar-refractivity contribution in [2.45, 2.75) is 36.8 Å². The second-order valence-electron chi connectivity index (χ2n) is 7.46. The third-order valence-corrected chi connectivity index (χ3v) is 5.86. The first-order valence-corrected chi connectivity index (χ1v) is 11.9. The molecule has 0 saturated heterocycles. The standard InChI is InChI=1S/C19H25NO2S.C7H6O2/c1-5-6-14(2)7-12-18-20-17(13-21-3)19(22-18)15-8-10-16(23-4)11-9-15;1-2-4-7-6(3-1)8-5-9-7/h5-6,8-11,17,19H,1,7,12-13H2,2-4H3;1-4H,5H2/b14-6+;/t17?,19-;/m0./s1. The summed E-state index contributed by atoms with van der Waals surface area (Å²) >= 11 is 1.74. The van der Waals surface area contributed by atoms with Crippen LogP contribution in [0.2, 0.25) is 0 Å². The van der Waals surface area contributed by atoms with Gasteiger partial charge in [-0.2, -0.15) is 0 Å². The Morgan fingerprint density at radius 3 is 2.44 bits per heavy atom. The molecule has 0 fully saturated rings. The first-order chi connectivity index (χ1) is 15.6. The van der Waals surface area contributed by atoms with Crippen molar-refractivity contribution in [2.75, 3.05) is 26.8 Å². The van der Waals surface area contributed by atoms with E-state index in [4.69, 9.17) is 23.9 Å². The number of allylic oxidation sites excluding steroid dienone is 3. The maximum absolute atomic E-state index is 6.12. The summed E-state index contributed by atoms with van der Waals surface area (Å²) in [6.45, 7) is 6.76. The lowest BCUT2D eigenvalue weighted by Gasteiger charge is -2.18. The molecule has 2 atom stereocenters. The van der Waals surface area contributed by atoms with Crippen molar-refractivity contribution in [1.29, 1.82) is 0 Å². The molecule has 6 heteroatoms. The maximum atomic E-state index is 6.12. The molecule has 5 nitrogen and oxygen atoms in total. The molecule has 2 aromatic rings. The van der Waals surface area contributed by atoms with Crippen LogP contribution in [0.3, 0.4) is 0 Å². The Kier molecular flexibility index (Phi) is 9.26. The van der Waals surface area contributed by atoms with Gasteiger partial charge in [0, 0.05) is 18.4 Å². The maximum Gasteiger partial charge on any atom is 0.231 e. The molecule has 2 aliphatic rings. The quantitative estimate of drug-likeness (QED) is 0.351. The van der Waals surface area contributed by atoms with E-state index in [0.29, 0.717) is 13.4 Å².